The van der Waals surface area contributed by atoms with E-state index in [1.54, 1.807) is 0 Å². The molecule has 0 spiro atoms. The predicted molar refractivity (Wildman–Crippen MR) is 72.4 cm³/mol. The van der Waals surface area contributed by atoms with E-state index in [1.807, 2.05) is 18.5 Å². The van der Waals surface area contributed by atoms with E-state index in [9.17, 15) is 0 Å². The summed E-state index contributed by atoms with van der Waals surface area (Å²) in [6.45, 7) is 5.70. The van der Waals surface area contributed by atoms with Gasteiger partial charge in [-0.2, -0.15) is 0 Å². The van der Waals surface area contributed by atoms with E-state index in [0.29, 0.717) is 12.6 Å². The van der Waals surface area contributed by atoms with Crippen LogP contribution in [-0.2, 0) is 4.74 Å². The Morgan fingerprint density at radius 3 is 2.94 bits per heavy atom. The van der Waals surface area contributed by atoms with E-state index in [2.05, 4.69) is 30.8 Å². The van der Waals surface area contributed by atoms with Gasteiger partial charge in [0.2, 0.25) is 0 Å². The Kier molecular flexibility index (Phi) is 4.32. The van der Waals surface area contributed by atoms with Crippen molar-refractivity contribution in [3.05, 3.63) is 29.6 Å². The monoisotopic (exact) mass is 249 g/mol. The van der Waals surface area contributed by atoms with Crippen LogP contribution in [0.5, 0.6) is 0 Å². The molecule has 0 aromatic carbocycles. The van der Waals surface area contributed by atoms with Gasteiger partial charge >= 0.3 is 0 Å². The minimum atomic E-state index is 0.216. The topological polar surface area (TPSA) is 51.4 Å². The van der Waals surface area contributed by atoms with Gasteiger partial charge in [-0.05, 0) is 44.5 Å². The van der Waals surface area contributed by atoms with Crippen LogP contribution in [0.3, 0.4) is 0 Å². The lowest BCUT2D eigenvalue weighted by atomic mass is 9.99. The Balaban J connectivity index is 2.20. The van der Waals surface area contributed by atoms with Crippen molar-refractivity contribution in [2.75, 3.05) is 20.2 Å². The fourth-order valence-electron chi connectivity index (χ4n) is 2.82. The standard InChI is InChI=1S/C14H23N3O/c1-10-4-6-16-9-12(10)14(8-15)17(3)13-5-7-18-11(13)2/h4,6,9,11,13-14H,5,7-8,15H2,1-3H3. The largest absolute Gasteiger partial charge is 0.377 e. The van der Waals surface area contributed by atoms with Crippen LogP contribution in [0.2, 0.25) is 0 Å². The molecule has 1 aliphatic rings. The van der Waals surface area contributed by atoms with Gasteiger partial charge in [0.25, 0.3) is 0 Å². The van der Waals surface area contributed by atoms with E-state index in [-0.39, 0.29) is 12.1 Å². The third-order valence-electron chi connectivity index (χ3n) is 4.01. The molecule has 4 heteroatoms. The highest BCUT2D eigenvalue weighted by atomic mass is 16.5. The van der Waals surface area contributed by atoms with Crippen LogP contribution in [0, 0.1) is 6.92 Å². The lowest BCUT2D eigenvalue weighted by Crippen LogP contribution is -2.42. The number of nitrogens with zero attached hydrogens (tertiary/aromatic N) is 2. The quantitative estimate of drug-likeness (QED) is 0.878. The van der Waals surface area contributed by atoms with Crippen molar-refractivity contribution < 1.29 is 4.74 Å². The van der Waals surface area contributed by atoms with Gasteiger partial charge in [0.1, 0.15) is 0 Å². The number of ether oxygens (including phenoxy) is 1. The lowest BCUT2D eigenvalue weighted by Gasteiger charge is -2.34. The second-order valence-electron chi connectivity index (χ2n) is 5.08. The average Bonchev–Trinajstić information content (AvgIpc) is 2.78. The first kappa shape index (κ1) is 13.5. The highest BCUT2D eigenvalue weighted by molar-refractivity contribution is 5.25. The van der Waals surface area contributed by atoms with Crippen molar-refractivity contribution in [3.63, 3.8) is 0 Å². The first-order valence-corrected chi connectivity index (χ1v) is 6.59. The van der Waals surface area contributed by atoms with Gasteiger partial charge in [-0.15, -0.1) is 0 Å². The average molecular weight is 249 g/mol. The Hall–Kier alpha value is -0.970. The van der Waals surface area contributed by atoms with Gasteiger partial charge in [-0.25, -0.2) is 0 Å². The fraction of sp³-hybridized carbons (Fsp3) is 0.643. The second kappa shape index (κ2) is 5.78. The van der Waals surface area contributed by atoms with Gasteiger partial charge in [-0.1, -0.05) is 0 Å². The molecule has 3 unspecified atom stereocenters. The molecule has 1 aliphatic heterocycles. The molecule has 0 bridgehead atoms. The van der Waals surface area contributed by atoms with E-state index in [1.165, 1.54) is 11.1 Å². The highest BCUT2D eigenvalue weighted by Crippen LogP contribution is 2.28. The molecule has 1 saturated heterocycles. The van der Waals surface area contributed by atoms with E-state index in [4.69, 9.17) is 10.5 Å². The van der Waals surface area contributed by atoms with Crippen LogP contribution in [-0.4, -0.2) is 42.2 Å². The van der Waals surface area contributed by atoms with Crippen molar-refractivity contribution in [1.82, 2.24) is 9.88 Å². The van der Waals surface area contributed by atoms with Gasteiger partial charge in [0.05, 0.1) is 6.10 Å². The van der Waals surface area contributed by atoms with Crippen molar-refractivity contribution in [1.29, 1.82) is 0 Å². The molecule has 100 valence electrons. The number of pyridine rings is 1. The first-order chi connectivity index (χ1) is 8.65. The smallest absolute Gasteiger partial charge is 0.0703 e. The molecule has 1 aromatic rings. The van der Waals surface area contributed by atoms with Gasteiger partial charge in [-0.3, -0.25) is 9.88 Å². The Morgan fingerprint density at radius 2 is 2.39 bits per heavy atom. The van der Waals surface area contributed by atoms with E-state index in [0.717, 1.165) is 13.0 Å². The maximum absolute atomic E-state index is 5.98. The number of nitrogens with two attached hydrogens (primary N) is 1. The Bertz CT molecular complexity index is 396. The number of rotatable bonds is 4. The SMILES string of the molecule is Cc1ccncc1C(CN)N(C)C1CCOC1C. The molecule has 2 rings (SSSR count). The van der Waals surface area contributed by atoms with Crippen LogP contribution < -0.4 is 5.73 Å². The highest BCUT2D eigenvalue weighted by Gasteiger charge is 2.32. The van der Waals surface area contributed by atoms with Crippen LogP contribution in [0.1, 0.15) is 30.5 Å². The lowest BCUT2D eigenvalue weighted by molar-refractivity contribution is 0.0684. The predicted octanol–water partition coefficient (Wildman–Crippen LogP) is 1.50. The van der Waals surface area contributed by atoms with E-state index >= 15 is 0 Å². The fourth-order valence-corrected chi connectivity index (χ4v) is 2.82. The van der Waals surface area contributed by atoms with Crippen LogP contribution in [0.4, 0.5) is 0 Å². The van der Waals surface area contributed by atoms with Crippen molar-refractivity contribution in [2.24, 2.45) is 5.73 Å². The molecule has 3 atom stereocenters. The Morgan fingerprint density at radius 1 is 1.61 bits per heavy atom. The van der Waals surface area contributed by atoms with Crippen LogP contribution in [0.15, 0.2) is 18.5 Å². The number of likely N-dealkylation sites (N-methyl/N-ethyl adjacent to an activating group) is 1. The van der Waals surface area contributed by atoms with Crippen LogP contribution >= 0.6 is 0 Å². The minimum absolute atomic E-state index is 0.216. The zero-order chi connectivity index (χ0) is 13.1. The molecule has 2 N–H and O–H groups in total. The van der Waals surface area contributed by atoms with E-state index < -0.39 is 0 Å². The molecule has 18 heavy (non-hydrogen) atoms. The molecule has 0 aliphatic carbocycles. The third kappa shape index (κ3) is 2.55. The summed E-state index contributed by atoms with van der Waals surface area (Å²) in [6, 6.07) is 2.70. The summed E-state index contributed by atoms with van der Waals surface area (Å²) in [6.07, 6.45) is 5.12. The molecule has 2 heterocycles. The summed E-state index contributed by atoms with van der Waals surface area (Å²) in [5.74, 6) is 0. The molecule has 4 nitrogen and oxygen atoms in total. The second-order valence-corrected chi connectivity index (χ2v) is 5.08. The summed E-state index contributed by atoms with van der Waals surface area (Å²) in [5, 5.41) is 0. The minimum Gasteiger partial charge on any atom is -0.377 e. The van der Waals surface area contributed by atoms with Crippen molar-refractivity contribution in [2.45, 2.75) is 38.5 Å². The molecule has 0 saturated carbocycles. The molecule has 1 aromatic heterocycles. The van der Waals surface area contributed by atoms with Gasteiger partial charge in [0.15, 0.2) is 0 Å². The Labute approximate surface area is 109 Å². The number of hydrogen-bond acceptors (Lipinski definition) is 4. The normalized spacial score (nSPS) is 25.6. The van der Waals surface area contributed by atoms with Crippen molar-refractivity contribution in [3.8, 4) is 0 Å². The number of aromatic nitrogens is 1. The maximum atomic E-state index is 5.98. The zero-order valence-corrected chi connectivity index (χ0v) is 11.5. The summed E-state index contributed by atoms with van der Waals surface area (Å²) in [5.41, 5.74) is 8.45. The summed E-state index contributed by atoms with van der Waals surface area (Å²) >= 11 is 0. The molecule has 0 amide bonds. The first-order valence-electron chi connectivity index (χ1n) is 6.59. The molecular weight excluding hydrogens is 226 g/mol. The zero-order valence-electron chi connectivity index (χ0n) is 11.5. The molecular formula is C14H23N3O. The molecule has 1 fully saturated rings. The summed E-state index contributed by atoms with van der Waals surface area (Å²) in [4.78, 5) is 6.58. The van der Waals surface area contributed by atoms with Crippen molar-refractivity contribution >= 4 is 0 Å². The molecule has 0 radical (unpaired) electrons. The van der Waals surface area contributed by atoms with Gasteiger partial charge in [0, 0.05) is 37.6 Å². The van der Waals surface area contributed by atoms with Crippen LogP contribution in [0.25, 0.3) is 0 Å². The number of hydrogen-bond donors (Lipinski definition) is 1. The maximum Gasteiger partial charge on any atom is 0.0703 e. The summed E-state index contributed by atoms with van der Waals surface area (Å²) in [7, 11) is 2.14. The third-order valence-corrected chi connectivity index (χ3v) is 4.01. The van der Waals surface area contributed by atoms with Gasteiger partial charge < -0.3 is 10.5 Å². The number of aryl methyl sites for hydroxylation is 1. The summed E-state index contributed by atoms with van der Waals surface area (Å²) < 4.78 is 5.65.